The third-order valence-electron chi connectivity index (χ3n) is 4.55. The van der Waals surface area contributed by atoms with Crippen LogP contribution >= 0.6 is 0 Å². The Hall–Kier alpha value is -2.82. The summed E-state index contributed by atoms with van der Waals surface area (Å²) in [5, 5.41) is 0. The highest BCUT2D eigenvalue weighted by atomic mass is 16.5. The molecule has 5 heteroatoms. The Morgan fingerprint density at radius 3 is 2.56 bits per heavy atom. The molecular formula is C20H21NO4. The molecule has 1 aliphatic rings. The first-order valence-electron chi connectivity index (χ1n) is 8.22. The van der Waals surface area contributed by atoms with Crippen molar-refractivity contribution >= 4 is 17.6 Å². The number of nitrogens with zero attached hydrogens (tertiary/aromatic N) is 1. The van der Waals surface area contributed by atoms with Crippen molar-refractivity contribution in [3.8, 4) is 5.75 Å². The Kier molecular flexibility index (Phi) is 5.03. The van der Waals surface area contributed by atoms with Gasteiger partial charge < -0.3 is 14.4 Å². The smallest absolute Gasteiger partial charge is 0.306 e. The molecule has 1 amide bonds. The number of methoxy groups -OCH3 is 2. The van der Waals surface area contributed by atoms with Crippen molar-refractivity contribution in [3.63, 3.8) is 0 Å². The van der Waals surface area contributed by atoms with Crippen LogP contribution in [0.4, 0.5) is 5.69 Å². The Morgan fingerprint density at radius 2 is 1.80 bits per heavy atom. The lowest BCUT2D eigenvalue weighted by Gasteiger charge is -2.18. The van der Waals surface area contributed by atoms with E-state index < -0.39 is 0 Å². The fourth-order valence-corrected chi connectivity index (χ4v) is 3.30. The zero-order valence-corrected chi connectivity index (χ0v) is 14.4. The molecule has 5 nitrogen and oxygen atoms in total. The van der Waals surface area contributed by atoms with Crippen molar-refractivity contribution < 1.29 is 19.1 Å². The number of carbonyl (C=O) groups excluding carboxylic acids is 2. The summed E-state index contributed by atoms with van der Waals surface area (Å²) in [5.74, 6) is 0.392. The summed E-state index contributed by atoms with van der Waals surface area (Å²) in [6.07, 6.45) is 0.523. The van der Waals surface area contributed by atoms with E-state index in [0.29, 0.717) is 12.3 Å². The molecule has 2 aromatic carbocycles. The Bertz CT molecular complexity index is 787. The van der Waals surface area contributed by atoms with Crippen molar-refractivity contribution in [2.24, 2.45) is 0 Å². The number of hydrogen-bond acceptors (Lipinski definition) is 4. The number of benzene rings is 2. The molecule has 0 aliphatic carbocycles. The Morgan fingerprint density at radius 1 is 1.08 bits per heavy atom. The van der Waals surface area contributed by atoms with Crippen LogP contribution in [0, 0.1) is 0 Å². The molecule has 25 heavy (non-hydrogen) atoms. The third kappa shape index (κ3) is 3.50. The predicted octanol–water partition coefficient (Wildman–Crippen LogP) is 2.93. The second kappa shape index (κ2) is 7.38. The second-order valence-corrected chi connectivity index (χ2v) is 6.03. The van der Waals surface area contributed by atoms with Crippen molar-refractivity contribution in [3.05, 3.63) is 59.7 Å². The molecule has 0 fully saturated rings. The lowest BCUT2D eigenvalue weighted by atomic mass is 9.98. The summed E-state index contributed by atoms with van der Waals surface area (Å²) < 4.78 is 10.1. The van der Waals surface area contributed by atoms with Crippen molar-refractivity contribution in [2.45, 2.75) is 18.8 Å². The fourth-order valence-electron chi connectivity index (χ4n) is 3.30. The molecule has 2 aromatic rings. The van der Waals surface area contributed by atoms with Gasteiger partial charge in [-0.25, -0.2) is 0 Å². The topological polar surface area (TPSA) is 55.8 Å². The highest BCUT2D eigenvalue weighted by Crippen LogP contribution is 2.38. The lowest BCUT2D eigenvalue weighted by Crippen LogP contribution is -2.31. The van der Waals surface area contributed by atoms with Crippen LogP contribution in [0.3, 0.4) is 0 Å². The Labute approximate surface area is 147 Å². The molecule has 1 heterocycles. The van der Waals surface area contributed by atoms with Crippen LogP contribution in [0.5, 0.6) is 5.75 Å². The summed E-state index contributed by atoms with van der Waals surface area (Å²) in [5.41, 5.74) is 2.74. The summed E-state index contributed by atoms with van der Waals surface area (Å²) in [4.78, 5) is 26.3. The van der Waals surface area contributed by atoms with Gasteiger partial charge in [0.15, 0.2) is 0 Å². The minimum atomic E-state index is -0.265. The van der Waals surface area contributed by atoms with Gasteiger partial charge in [-0.1, -0.05) is 36.4 Å². The van der Waals surface area contributed by atoms with E-state index >= 15 is 0 Å². The summed E-state index contributed by atoms with van der Waals surface area (Å²) >= 11 is 0. The van der Waals surface area contributed by atoms with E-state index in [1.54, 1.807) is 12.0 Å². The summed E-state index contributed by atoms with van der Waals surface area (Å²) in [6.45, 7) is 0.489. The molecule has 0 bridgehead atoms. The minimum absolute atomic E-state index is 0.00989. The maximum atomic E-state index is 12.9. The predicted molar refractivity (Wildman–Crippen MR) is 94.9 cm³/mol. The molecule has 0 spiro atoms. The van der Waals surface area contributed by atoms with Crippen LogP contribution in [0.15, 0.2) is 48.5 Å². The van der Waals surface area contributed by atoms with Crippen LogP contribution in [0.2, 0.25) is 0 Å². The van der Waals surface area contributed by atoms with Gasteiger partial charge in [0.2, 0.25) is 5.91 Å². The maximum absolute atomic E-state index is 12.9. The molecule has 1 aliphatic heterocycles. The maximum Gasteiger partial charge on any atom is 0.306 e. The van der Waals surface area contributed by atoms with Crippen molar-refractivity contribution in [2.75, 3.05) is 25.7 Å². The molecule has 1 unspecified atom stereocenters. The summed E-state index contributed by atoms with van der Waals surface area (Å²) in [6, 6.07) is 15.2. The zero-order valence-electron chi connectivity index (χ0n) is 14.4. The van der Waals surface area contributed by atoms with Gasteiger partial charge in [0, 0.05) is 23.7 Å². The number of anilines is 1. The van der Waals surface area contributed by atoms with Crippen LogP contribution in [0.1, 0.15) is 23.5 Å². The monoisotopic (exact) mass is 339 g/mol. The number of carbonyl (C=O) groups is 2. The SMILES string of the molecule is COC(=O)CC1CN(C(=O)Cc2ccccc2OC)c2ccccc21. The van der Waals surface area contributed by atoms with Crippen LogP contribution in [0.25, 0.3) is 0 Å². The molecule has 0 N–H and O–H groups in total. The van der Waals surface area contributed by atoms with Crippen molar-refractivity contribution in [1.29, 1.82) is 0 Å². The minimum Gasteiger partial charge on any atom is -0.496 e. The molecule has 3 rings (SSSR count). The van der Waals surface area contributed by atoms with Gasteiger partial charge in [-0.05, 0) is 17.7 Å². The van der Waals surface area contributed by atoms with Crippen LogP contribution in [-0.4, -0.2) is 32.6 Å². The quantitative estimate of drug-likeness (QED) is 0.786. The number of ether oxygens (including phenoxy) is 2. The van der Waals surface area contributed by atoms with Crippen LogP contribution in [-0.2, 0) is 20.7 Å². The van der Waals surface area contributed by atoms with Gasteiger partial charge in [-0.15, -0.1) is 0 Å². The van der Waals surface area contributed by atoms with Gasteiger partial charge in [0.1, 0.15) is 5.75 Å². The molecule has 1 atom stereocenters. The number of hydrogen-bond donors (Lipinski definition) is 0. The van der Waals surface area contributed by atoms with E-state index in [9.17, 15) is 9.59 Å². The number of fused-ring (bicyclic) bond motifs is 1. The molecule has 0 radical (unpaired) electrons. The van der Waals surface area contributed by atoms with Crippen LogP contribution < -0.4 is 9.64 Å². The normalized spacial score (nSPS) is 15.6. The van der Waals surface area contributed by atoms with Gasteiger partial charge in [-0.3, -0.25) is 9.59 Å². The first-order chi connectivity index (χ1) is 12.1. The largest absolute Gasteiger partial charge is 0.496 e. The number of amides is 1. The number of rotatable bonds is 5. The van der Waals surface area contributed by atoms with E-state index in [1.807, 2.05) is 48.5 Å². The number of esters is 1. The average molecular weight is 339 g/mol. The van der Waals surface area contributed by atoms with E-state index in [1.165, 1.54) is 7.11 Å². The van der Waals surface area contributed by atoms with E-state index in [4.69, 9.17) is 9.47 Å². The van der Waals surface area contributed by atoms with Gasteiger partial charge in [0.25, 0.3) is 0 Å². The second-order valence-electron chi connectivity index (χ2n) is 6.03. The van der Waals surface area contributed by atoms with Gasteiger partial charge >= 0.3 is 5.97 Å². The molecule has 0 aromatic heterocycles. The first-order valence-corrected chi connectivity index (χ1v) is 8.22. The van der Waals surface area contributed by atoms with E-state index in [2.05, 4.69) is 0 Å². The standard InChI is InChI=1S/C20H21NO4/c1-24-18-10-6-3-7-14(18)11-19(22)21-13-15(12-20(23)25-2)16-8-4-5-9-17(16)21/h3-10,15H,11-13H2,1-2H3. The zero-order chi connectivity index (χ0) is 17.8. The lowest BCUT2D eigenvalue weighted by molar-refractivity contribution is -0.141. The van der Waals surface area contributed by atoms with Gasteiger partial charge in [-0.2, -0.15) is 0 Å². The molecular weight excluding hydrogens is 318 g/mol. The average Bonchev–Trinajstić information content (AvgIpc) is 3.01. The number of para-hydroxylation sites is 2. The molecule has 0 saturated heterocycles. The van der Waals surface area contributed by atoms with Crippen molar-refractivity contribution in [1.82, 2.24) is 0 Å². The van der Waals surface area contributed by atoms with E-state index in [-0.39, 0.29) is 30.6 Å². The van der Waals surface area contributed by atoms with E-state index in [0.717, 1.165) is 16.8 Å². The highest BCUT2D eigenvalue weighted by molar-refractivity contribution is 5.97. The molecule has 130 valence electrons. The summed E-state index contributed by atoms with van der Waals surface area (Å²) in [7, 11) is 2.98. The first kappa shape index (κ1) is 17.0. The van der Waals surface area contributed by atoms with Gasteiger partial charge in [0.05, 0.1) is 27.1 Å². The molecule has 0 saturated carbocycles. The Balaban J connectivity index is 1.82. The highest BCUT2D eigenvalue weighted by Gasteiger charge is 2.33. The fraction of sp³-hybridized carbons (Fsp3) is 0.300. The third-order valence-corrected chi connectivity index (χ3v) is 4.55.